The number of morpholine rings is 1. The molecule has 2 heterocycles. The molecule has 2 fully saturated rings. The van der Waals surface area contributed by atoms with E-state index in [0.29, 0.717) is 6.10 Å². The van der Waals surface area contributed by atoms with Crippen LogP contribution in [0.4, 0.5) is 0 Å². The van der Waals surface area contributed by atoms with E-state index >= 15 is 0 Å². The summed E-state index contributed by atoms with van der Waals surface area (Å²) in [7, 11) is 0. The van der Waals surface area contributed by atoms with Gasteiger partial charge in [-0.25, -0.2) is 0 Å². The van der Waals surface area contributed by atoms with Crippen molar-refractivity contribution in [2.24, 2.45) is 5.92 Å². The van der Waals surface area contributed by atoms with E-state index in [1.165, 1.54) is 50.9 Å². The Kier molecular flexibility index (Phi) is 5.67. The van der Waals surface area contributed by atoms with Crippen molar-refractivity contribution in [3.05, 3.63) is 35.9 Å². The van der Waals surface area contributed by atoms with E-state index in [1.807, 2.05) is 0 Å². The van der Waals surface area contributed by atoms with Crippen molar-refractivity contribution in [1.82, 2.24) is 10.2 Å². The number of ether oxygens (including phenoxy) is 1. The van der Waals surface area contributed by atoms with E-state index in [9.17, 15) is 0 Å². The second-order valence-electron chi connectivity index (χ2n) is 6.46. The first-order valence-corrected chi connectivity index (χ1v) is 8.49. The maximum Gasteiger partial charge on any atom is 0.0712 e. The van der Waals surface area contributed by atoms with Gasteiger partial charge in [0.1, 0.15) is 0 Å². The van der Waals surface area contributed by atoms with E-state index in [1.54, 1.807) is 0 Å². The van der Waals surface area contributed by atoms with Crippen LogP contribution < -0.4 is 5.32 Å². The highest BCUT2D eigenvalue weighted by Gasteiger charge is 2.21. The molecule has 2 saturated heterocycles. The Morgan fingerprint density at radius 2 is 1.95 bits per heavy atom. The molecular weight excluding hydrogens is 260 g/mol. The van der Waals surface area contributed by atoms with Gasteiger partial charge in [-0.1, -0.05) is 30.3 Å². The second-order valence-corrected chi connectivity index (χ2v) is 6.46. The van der Waals surface area contributed by atoms with Gasteiger partial charge in [-0.15, -0.1) is 0 Å². The zero-order valence-corrected chi connectivity index (χ0v) is 13.0. The molecule has 0 saturated carbocycles. The number of piperidine rings is 1. The minimum Gasteiger partial charge on any atom is -0.376 e. The first kappa shape index (κ1) is 15.0. The summed E-state index contributed by atoms with van der Waals surface area (Å²) in [6.45, 7) is 6.65. The van der Waals surface area contributed by atoms with Gasteiger partial charge in [0.2, 0.25) is 0 Å². The quantitative estimate of drug-likeness (QED) is 0.900. The summed E-state index contributed by atoms with van der Waals surface area (Å²) in [4.78, 5) is 2.62. The zero-order chi connectivity index (χ0) is 14.3. The molecule has 3 heteroatoms. The Morgan fingerprint density at radius 3 is 2.67 bits per heavy atom. The van der Waals surface area contributed by atoms with Gasteiger partial charge in [-0.2, -0.15) is 0 Å². The summed E-state index contributed by atoms with van der Waals surface area (Å²) in [5, 5.41) is 3.41. The molecule has 1 N–H and O–H groups in total. The van der Waals surface area contributed by atoms with Crippen LogP contribution >= 0.6 is 0 Å². The maximum absolute atomic E-state index is 5.78. The summed E-state index contributed by atoms with van der Waals surface area (Å²) in [6.07, 6.45) is 5.55. The molecule has 0 radical (unpaired) electrons. The normalized spacial score (nSPS) is 25.0. The molecule has 21 heavy (non-hydrogen) atoms. The topological polar surface area (TPSA) is 24.5 Å². The van der Waals surface area contributed by atoms with Crippen molar-refractivity contribution in [3.63, 3.8) is 0 Å². The molecule has 1 unspecified atom stereocenters. The molecule has 3 rings (SSSR count). The van der Waals surface area contributed by atoms with Crippen LogP contribution in [0.25, 0.3) is 0 Å². The molecule has 3 nitrogen and oxygen atoms in total. The number of rotatable bonds is 5. The molecule has 116 valence electrons. The van der Waals surface area contributed by atoms with Crippen LogP contribution in [0.2, 0.25) is 0 Å². The fourth-order valence-corrected chi connectivity index (χ4v) is 3.49. The third-order valence-electron chi connectivity index (χ3n) is 4.85. The second kappa shape index (κ2) is 7.92. The predicted octanol–water partition coefficient (Wildman–Crippen LogP) is 2.32. The summed E-state index contributed by atoms with van der Waals surface area (Å²) >= 11 is 0. The van der Waals surface area contributed by atoms with Crippen LogP contribution in [0.3, 0.4) is 0 Å². The Balaban J connectivity index is 1.35. The lowest BCUT2D eigenvalue weighted by Gasteiger charge is -2.33. The van der Waals surface area contributed by atoms with E-state index in [2.05, 4.69) is 40.5 Å². The lowest BCUT2D eigenvalue weighted by molar-refractivity contribution is 0.0152. The summed E-state index contributed by atoms with van der Waals surface area (Å²) in [5.41, 5.74) is 1.50. The monoisotopic (exact) mass is 288 g/mol. The summed E-state index contributed by atoms with van der Waals surface area (Å²) < 4.78 is 5.78. The van der Waals surface area contributed by atoms with Gasteiger partial charge < -0.3 is 15.0 Å². The van der Waals surface area contributed by atoms with Crippen LogP contribution in [0.1, 0.15) is 24.8 Å². The van der Waals surface area contributed by atoms with Crippen LogP contribution in [0, 0.1) is 5.92 Å². The van der Waals surface area contributed by atoms with Crippen molar-refractivity contribution < 1.29 is 4.74 Å². The molecule has 1 aromatic carbocycles. The Labute approximate surface area is 128 Å². The standard InChI is InChI=1S/C18H28N2O/c1-2-4-16(5-3-1)14-17-6-10-20(11-7-17)12-8-18-15-19-9-13-21-18/h1-5,17-19H,6-15H2. The fraction of sp³-hybridized carbons (Fsp3) is 0.667. The van der Waals surface area contributed by atoms with E-state index in [-0.39, 0.29) is 0 Å². The Morgan fingerprint density at radius 1 is 1.14 bits per heavy atom. The molecule has 0 aliphatic carbocycles. The number of hydrogen-bond acceptors (Lipinski definition) is 3. The number of likely N-dealkylation sites (tertiary alicyclic amines) is 1. The number of nitrogens with zero attached hydrogens (tertiary/aromatic N) is 1. The highest BCUT2D eigenvalue weighted by atomic mass is 16.5. The van der Waals surface area contributed by atoms with Crippen LogP contribution in [0.15, 0.2) is 30.3 Å². The lowest BCUT2D eigenvalue weighted by Crippen LogP contribution is -2.42. The molecule has 1 aromatic rings. The highest BCUT2D eigenvalue weighted by Crippen LogP contribution is 2.22. The minimum absolute atomic E-state index is 0.431. The third kappa shape index (κ3) is 4.80. The SMILES string of the molecule is c1ccc(CC2CCN(CCC3CNCCO3)CC2)cc1. The molecule has 0 amide bonds. The first-order valence-electron chi connectivity index (χ1n) is 8.49. The van der Waals surface area contributed by atoms with Crippen LogP contribution in [-0.2, 0) is 11.2 Å². The minimum atomic E-state index is 0.431. The van der Waals surface area contributed by atoms with Gasteiger partial charge in [0, 0.05) is 19.6 Å². The smallest absolute Gasteiger partial charge is 0.0712 e. The Bertz CT molecular complexity index is 395. The highest BCUT2D eigenvalue weighted by molar-refractivity contribution is 5.15. The lowest BCUT2D eigenvalue weighted by atomic mass is 9.90. The van der Waals surface area contributed by atoms with Gasteiger partial charge in [-0.3, -0.25) is 0 Å². The molecular formula is C18H28N2O. The fourth-order valence-electron chi connectivity index (χ4n) is 3.49. The molecule has 0 bridgehead atoms. The molecule has 2 aliphatic rings. The predicted molar refractivity (Wildman–Crippen MR) is 86.5 cm³/mol. The van der Waals surface area contributed by atoms with Gasteiger partial charge >= 0.3 is 0 Å². The van der Waals surface area contributed by atoms with Crippen molar-refractivity contribution in [3.8, 4) is 0 Å². The molecule has 2 aliphatic heterocycles. The average Bonchev–Trinajstić information content (AvgIpc) is 2.56. The maximum atomic E-state index is 5.78. The number of hydrogen-bond donors (Lipinski definition) is 1. The zero-order valence-electron chi connectivity index (χ0n) is 13.0. The van der Waals surface area contributed by atoms with Crippen LogP contribution in [-0.4, -0.2) is 50.3 Å². The van der Waals surface area contributed by atoms with Crippen molar-refractivity contribution >= 4 is 0 Å². The van der Waals surface area contributed by atoms with E-state index in [0.717, 1.165) is 25.6 Å². The Hall–Kier alpha value is -0.900. The van der Waals surface area contributed by atoms with Gasteiger partial charge in [0.05, 0.1) is 12.7 Å². The molecule has 1 atom stereocenters. The van der Waals surface area contributed by atoms with E-state index < -0.39 is 0 Å². The van der Waals surface area contributed by atoms with Gasteiger partial charge in [-0.05, 0) is 50.3 Å². The summed E-state index contributed by atoms with van der Waals surface area (Å²) in [5.74, 6) is 0.872. The first-order chi connectivity index (χ1) is 10.4. The van der Waals surface area contributed by atoms with Gasteiger partial charge in [0.15, 0.2) is 0 Å². The number of benzene rings is 1. The van der Waals surface area contributed by atoms with Gasteiger partial charge in [0.25, 0.3) is 0 Å². The summed E-state index contributed by atoms with van der Waals surface area (Å²) in [6, 6.07) is 10.9. The van der Waals surface area contributed by atoms with Crippen LogP contribution in [0.5, 0.6) is 0 Å². The average molecular weight is 288 g/mol. The third-order valence-corrected chi connectivity index (χ3v) is 4.85. The molecule has 0 spiro atoms. The van der Waals surface area contributed by atoms with Crippen molar-refractivity contribution in [1.29, 1.82) is 0 Å². The van der Waals surface area contributed by atoms with E-state index in [4.69, 9.17) is 4.74 Å². The van der Waals surface area contributed by atoms with Crippen molar-refractivity contribution in [2.45, 2.75) is 31.8 Å². The largest absolute Gasteiger partial charge is 0.376 e. The van der Waals surface area contributed by atoms with Crippen molar-refractivity contribution in [2.75, 3.05) is 39.3 Å². The number of nitrogens with one attached hydrogen (secondary N) is 1. The molecule has 0 aromatic heterocycles.